The van der Waals surface area contributed by atoms with Gasteiger partial charge >= 0.3 is 5.97 Å². The lowest BCUT2D eigenvalue weighted by molar-refractivity contribution is -0.141. The summed E-state index contributed by atoms with van der Waals surface area (Å²) in [6, 6.07) is 2.08. The molecule has 1 aromatic rings. The molecule has 0 radical (unpaired) electrons. The number of ether oxygens (including phenoxy) is 1. The third kappa shape index (κ3) is 4.17. The molecule has 1 aromatic carbocycles. The summed E-state index contributed by atoms with van der Waals surface area (Å²) in [7, 11) is 0. The number of carbonyl (C=O) groups is 2. The number of rotatable bonds is 7. The Labute approximate surface area is 195 Å². The molecule has 1 saturated heterocycles. The highest BCUT2D eigenvalue weighted by molar-refractivity contribution is 5.98. The van der Waals surface area contributed by atoms with E-state index in [-0.39, 0.29) is 28.9 Å². The van der Waals surface area contributed by atoms with Crippen molar-refractivity contribution in [3.63, 3.8) is 0 Å². The van der Waals surface area contributed by atoms with Crippen molar-refractivity contribution in [3.8, 4) is 5.75 Å². The lowest BCUT2D eigenvalue weighted by Gasteiger charge is -2.40. The number of aliphatic carboxylic acids is 1. The van der Waals surface area contributed by atoms with E-state index >= 15 is 4.39 Å². The molecule has 5 nitrogen and oxygen atoms in total. The van der Waals surface area contributed by atoms with Crippen LogP contribution in [0.4, 0.5) is 4.39 Å². The van der Waals surface area contributed by atoms with Crippen LogP contribution in [0.25, 0.3) is 0 Å². The molecular weight excluding hydrogens is 421 g/mol. The predicted molar refractivity (Wildman–Crippen MR) is 123 cm³/mol. The Hall–Kier alpha value is -2.37. The van der Waals surface area contributed by atoms with Crippen LogP contribution in [0.2, 0.25) is 0 Å². The number of benzene rings is 1. The molecule has 2 unspecified atom stereocenters. The van der Waals surface area contributed by atoms with Crippen LogP contribution in [-0.4, -0.2) is 40.6 Å². The van der Waals surface area contributed by atoms with Crippen molar-refractivity contribution in [3.05, 3.63) is 41.2 Å². The van der Waals surface area contributed by atoms with Crippen LogP contribution in [0.15, 0.2) is 24.3 Å². The molecule has 1 N–H and O–H groups in total. The number of halogens is 1. The topological polar surface area (TPSA) is 66.8 Å². The Kier molecular flexibility index (Phi) is 5.53. The number of likely N-dealkylation sites (tertiary alicyclic amines) is 1. The number of hydrogen-bond acceptors (Lipinski definition) is 3. The summed E-state index contributed by atoms with van der Waals surface area (Å²) < 4.78 is 21.6. The SMILES string of the molecule is C=C1CC(C)CC(CC)(COc2cc(F)c(C(=O)N3[C@@H]4C[C@@H]4C[C@H]3C(=O)O)cc2C2CC2)C1. The van der Waals surface area contributed by atoms with Crippen LogP contribution >= 0.6 is 0 Å². The molecule has 33 heavy (non-hydrogen) atoms. The molecule has 1 amide bonds. The van der Waals surface area contributed by atoms with E-state index in [0.29, 0.717) is 24.7 Å². The third-order valence-corrected chi connectivity index (χ3v) is 8.30. The molecular formula is C27H34FNO4. The highest BCUT2D eigenvalue weighted by Gasteiger charge is 2.56. The first-order chi connectivity index (χ1) is 15.7. The van der Waals surface area contributed by atoms with Gasteiger partial charge in [0.15, 0.2) is 0 Å². The summed E-state index contributed by atoms with van der Waals surface area (Å²) in [5, 5.41) is 9.55. The van der Waals surface area contributed by atoms with Crippen molar-refractivity contribution in [2.75, 3.05) is 6.61 Å². The molecule has 4 aliphatic rings. The number of carbonyl (C=O) groups excluding carboxylic acids is 1. The Morgan fingerprint density at radius 1 is 1.30 bits per heavy atom. The predicted octanol–water partition coefficient (Wildman–Crippen LogP) is 5.54. The van der Waals surface area contributed by atoms with Crippen molar-refractivity contribution in [2.24, 2.45) is 17.3 Å². The number of piperidine rings is 1. The van der Waals surface area contributed by atoms with E-state index in [1.165, 1.54) is 16.5 Å². The van der Waals surface area contributed by atoms with Crippen molar-refractivity contribution in [2.45, 2.75) is 83.2 Å². The number of amides is 1. The number of nitrogens with zero attached hydrogens (tertiary/aromatic N) is 1. The minimum absolute atomic E-state index is 0.00574. The molecule has 5 atom stereocenters. The van der Waals surface area contributed by atoms with Gasteiger partial charge in [-0.25, -0.2) is 9.18 Å². The lowest BCUT2D eigenvalue weighted by atomic mass is 9.67. The summed E-state index contributed by atoms with van der Waals surface area (Å²) in [6.07, 6.45) is 7.29. The average Bonchev–Trinajstić information content (AvgIpc) is 3.69. The highest BCUT2D eigenvalue weighted by atomic mass is 19.1. The maximum atomic E-state index is 15.3. The number of allylic oxidation sites excluding steroid dienone is 1. The van der Waals surface area contributed by atoms with Crippen molar-refractivity contribution < 1.29 is 23.8 Å². The Balaban J connectivity index is 1.40. The van der Waals surface area contributed by atoms with Crippen molar-refractivity contribution in [1.29, 1.82) is 0 Å². The maximum Gasteiger partial charge on any atom is 0.326 e. The van der Waals surface area contributed by atoms with Gasteiger partial charge in [0.2, 0.25) is 0 Å². The fraction of sp³-hybridized carbons (Fsp3) is 0.630. The Morgan fingerprint density at radius 3 is 2.70 bits per heavy atom. The van der Waals surface area contributed by atoms with Crippen LogP contribution in [-0.2, 0) is 4.79 Å². The summed E-state index contributed by atoms with van der Waals surface area (Å²) in [6.45, 7) is 9.17. The monoisotopic (exact) mass is 455 g/mol. The van der Waals surface area contributed by atoms with Gasteiger partial charge in [0, 0.05) is 17.5 Å². The Morgan fingerprint density at radius 2 is 2.06 bits per heavy atom. The first kappa shape index (κ1) is 22.4. The van der Waals surface area contributed by atoms with E-state index < -0.39 is 23.7 Å². The average molecular weight is 456 g/mol. The minimum atomic E-state index is -1.01. The molecule has 4 fully saturated rings. The zero-order chi connectivity index (χ0) is 23.5. The highest BCUT2D eigenvalue weighted by Crippen LogP contribution is 2.50. The summed E-state index contributed by atoms with van der Waals surface area (Å²) >= 11 is 0. The number of fused-ring (bicyclic) bond motifs is 1. The van der Waals surface area contributed by atoms with Gasteiger partial charge in [-0.2, -0.15) is 0 Å². The standard InChI is InChI=1S/C27H34FNO4/c1-4-27(12-15(2)7-16(3)13-27)14-33-24-11-21(28)20(10-19(24)17-5-6-17)25(30)29-22-8-18(22)9-23(29)26(31)32/h10-11,16-18,22-23H,2,4-9,12-14H2,1,3H3,(H,31,32)/t16?,18-,22-,23+,27?/m1/s1. The van der Waals surface area contributed by atoms with E-state index in [2.05, 4.69) is 20.4 Å². The molecule has 1 aliphatic heterocycles. The fourth-order valence-corrected chi connectivity index (χ4v) is 6.37. The lowest BCUT2D eigenvalue weighted by Crippen LogP contribution is -2.43. The fourth-order valence-electron chi connectivity index (χ4n) is 6.37. The summed E-state index contributed by atoms with van der Waals surface area (Å²) in [4.78, 5) is 26.3. The van der Waals surface area contributed by atoms with E-state index in [0.717, 1.165) is 50.5 Å². The van der Waals surface area contributed by atoms with Gasteiger partial charge in [-0.3, -0.25) is 4.79 Å². The van der Waals surface area contributed by atoms with Crippen LogP contribution < -0.4 is 4.74 Å². The maximum absolute atomic E-state index is 15.3. The molecule has 3 aliphatic carbocycles. The van der Waals surface area contributed by atoms with Gasteiger partial charge in [0.05, 0.1) is 12.2 Å². The van der Waals surface area contributed by atoms with Gasteiger partial charge in [0.25, 0.3) is 5.91 Å². The van der Waals surface area contributed by atoms with Gasteiger partial charge in [-0.05, 0) is 80.8 Å². The van der Waals surface area contributed by atoms with E-state index in [1.807, 2.05) is 0 Å². The summed E-state index contributed by atoms with van der Waals surface area (Å²) in [5.74, 6) is -0.534. The second-order valence-corrected chi connectivity index (χ2v) is 11.1. The van der Waals surface area contributed by atoms with E-state index in [9.17, 15) is 14.7 Å². The van der Waals surface area contributed by atoms with Gasteiger partial charge in [-0.1, -0.05) is 26.0 Å². The molecule has 6 heteroatoms. The smallest absolute Gasteiger partial charge is 0.326 e. The van der Waals surface area contributed by atoms with Gasteiger partial charge < -0.3 is 14.7 Å². The van der Waals surface area contributed by atoms with Crippen molar-refractivity contribution >= 4 is 11.9 Å². The van der Waals surface area contributed by atoms with Gasteiger partial charge in [-0.15, -0.1) is 0 Å². The Bertz CT molecular complexity index is 1000. The first-order valence-corrected chi connectivity index (χ1v) is 12.4. The molecule has 0 bridgehead atoms. The zero-order valence-corrected chi connectivity index (χ0v) is 19.6. The van der Waals surface area contributed by atoms with Crippen LogP contribution in [0.3, 0.4) is 0 Å². The minimum Gasteiger partial charge on any atom is -0.493 e. The summed E-state index contributed by atoms with van der Waals surface area (Å²) in [5.41, 5.74) is 2.12. The molecule has 3 saturated carbocycles. The third-order valence-electron chi connectivity index (χ3n) is 8.30. The van der Waals surface area contributed by atoms with Crippen LogP contribution in [0.1, 0.15) is 87.1 Å². The number of hydrogen-bond donors (Lipinski definition) is 1. The van der Waals surface area contributed by atoms with Crippen LogP contribution in [0, 0.1) is 23.1 Å². The number of carboxylic acids is 1. The van der Waals surface area contributed by atoms with Crippen molar-refractivity contribution in [1.82, 2.24) is 4.90 Å². The second kappa shape index (κ2) is 8.14. The zero-order valence-electron chi connectivity index (χ0n) is 19.6. The van der Waals surface area contributed by atoms with E-state index in [1.54, 1.807) is 6.07 Å². The largest absolute Gasteiger partial charge is 0.493 e. The van der Waals surface area contributed by atoms with Gasteiger partial charge in [0.1, 0.15) is 17.6 Å². The molecule has 1 heterocycles. The molecule has 178 valence electrons. The molecule has 0 aromatic heterocycles. The van der Waals surface area contributed by atoms with Crippen LogP contribution in [0.5, 0.6) is 5.75 Å². The number of carboxylic acid groups (broad SMARTS) is 1. The first-order valence-electron chi connectivity index (χ1n) is 12.4. The molecule has 5 rings (SSSR count). The molecule has 0 spiro atoms. The normalized spacial score (nSPS) is 33.1. The van der Waals surface area contributed by atoms with E-state index in [4.69, 9.17) is 4.74 Å². The second-order valence-electron chi connectivity index (χ2n) is 11.1. The quantitative estimate of drug-likeness (QED) is 0.548.